The summed E-state index contributed by atoms with van der Waals surface area (Å²) in [4.78, 5) is 0. The van der Waals surface area contributed by atoms with Crippen molar-refractivity contribution in [2.75, 3.05) is 17.5 Å². The van der Waals surface area contributed by atoms with Crippen LogP contribution in [0.4, 0.5) is 18.9 Å². The summed E-state index contributed by atoms with van der Waals surface area (Å²) < 4.78 is 49.2. The van der Waals surface area contributed by atoms with E-state index >= 15 is 0 Å². The molecule has 0 aromatic heterocycles. The van der Waals surface area contributed by atoms with E-state index in [-0.39, 0.29) is 18.7 Å². The lowest BCUT2D eigenvalue weighted by atomic mass is 9.95. The molecule has 0 fully saturated rings. The molecule has 0 aliphatic carbocycles. The van der Waals surface area contributed by atoms with Crippen LogP contribution in [0.1, 0.15) is 48.6 Å². The predicted octanol–water partition coefficient (Wildman–Crippen LogP) is 6.62. The summed E-state index contributed by atoms with van der Waals surface area (Å²) in [5.74, 6) is 0. The van der Waals surface area contributed by atoms with Crippen LogP contribution in [0.15, 0.2) is 78.9 Å². The lowest BCUT2D eigenvalue weighted by Gasteiger charge is -2.25. The summed E-state index contributed by atoms with van der Waals surface area (Å²) in [6.07, 6.45) is -2.87. The van der Waals surface area contributed by atoms with E-state index in [1.165, 1.54) is 12.1 Å². The Labute approximate surface area is 223 Å². The van der Waals surface area contributed by atoms with Gasteiger partial charge >= 0.3 is 6.18 Å². The van der Waals surface area contributed by atoms with E-state index in [1.54, 1.807) is 22.5 Å². The first-order chi connectivity index (χ1) is 17.6. The van der Waals surface area contributed by atoms with Gasteiger partial charge in [-0.15, -0.1) is 0 Å². The second-order valence-corrected chi connectivity index (χ2v) is 10.2. The lowest BCUT2D eigenvalue weighted by molar-refractivity contribution is -0.158. The van der Waals surface area contributed by atoms with Gasteiger partial charge in [-0.3, -0.25) is 5.32 Å². The van der Waals surface area contributed by atoms with Crippen LogP contribution in [0.5, 0.6) is 0 Å². The minimum Gasteiger partial charge on any atom is -0.375 e. The van der Waals surface area contributed by atoms with Gasteiger partial charge in [-0.1, -0.05) is 86.5 Å². The number of nitrogens with two attached hydrogens (primary N) is 1. The van der Waals surface area contributed by atoms with Gasteiger partial charge in [0.2, 0.25) is 0 Å². The van der Waals surface area contributed by atoms with Gasteiger partial charge in [-0.2, -0.15) is 13.2 Å². The van der Waals surface area contributed by atoms with Crippen molar-refractivity contribution in [2.24, 2.45) is 5.73 Å². The Hall–Kier alpha value is -2.52. The van der Waals surface area contributed by atoms with Crippen LogP contribution in [0.2, 0.25) is 0 Å². The number of nitrogens with one attached hydrogen (secondary N) is 1. The van der Waals surface area contributed by atoms with E-state index < -0.39 is 17.8 Å². The van der Waals surface area contributed by atoms with E-state index in [9.17, 15) is 13.2 Å². The van der Waals surface area contributed by atoms with Crippen molar-refractivity contribution in [3.63, 3.8) is 0 Å². The molecule has 3 aromatic rings. The quantitative estimate of drug-likeness (QED) is 0.217. The standard InChI is InChI=1S/C29H36F3N3OS/c1-3-14-35(37)26-16-23(19-34-27(29(30,31)32)25-12-8-5-9-13-25)15-24(17-26)20-36-21-28(2,33)18-22-10-6-4-7-11-22/h4-13,15-17,27,34,37H,3,14,18-21,33H2,1-2H3. The summed E-state index contributed by atoms with van der Waals surface area (Å²) in [5, 5.41) is 2.70. The maximum absolute atomic E-state index is 13.8. The topological polar surface area (TPSA) is 50.5 Å². The number of nitrogens with zero attached hydrogens (tertiary/aromatic N) is 1. The van der Waals surface area contributed by atoms with Gasteiger partial charge in [0.1, 0.15) is 6.04 Å². The third-order valence-corrected chi connectivity index (χ3v) is 6.32. The van der Waals surface area contributed by atoms with Crippen LogP contribution in [0.3, 0.4) is 0 Å². The molecular weight excluding hydrogens is 495 g/mol. The van der Waals surface area contributed by atoms with Crippen molar-refractivity contribution in [3.8, 4) is 0 Å². The highest BCUT2D eigenvalue weighted by Crippen LogP contribution is 2.33. The lowest BCUT2D eigenvalue weighted by Crippen LogP contribution is -2.43. The van der Waals surface area contributed by atoms with Crippen molar-refractivity contribution in [3.05, 3.63) is 101 Å². The average molecular weight is 532 g/mol. The zero-order chi connectivity index (χ0) is 26.9. The highest BCUT2D eigenvalue weighted by molar-refractivity contribution is 7.81. The number of hydrogen-bond donors (Lipinski definition) is 3. The number of ether oxygens (including phenoxy) is 1. The van der Waals surface area contributed by atoms with Gasteiger partial charge in [0, 0.05) is 24.3 Å². The van der Waals surface area contributed by atoms with Crippen molar-refractivity contribution >= 4 is 18.5 Å². The smallest absolute Gasteiger partial charge is 0.375 e. The van der Waals surface area contributed by atoms with Gasteiger partial charge in [-0.05, 0) is 54.2 Å². The van der Waals surface area contributed by atoms with E-state index in [2.05, 4.69) is 18.1 Å². The van der Waals surface area contributed by atoms with Gasteiger partial charge in [0.05, 0.1) is 13.2 Å². The summed E-state index contributed by atoms with van der Waals surface area (Å²) >= 11 is 4.57. The molecule has 0 amide bonds. The number of halogens is 3. The summed E-state index contributed by atoms with van der Waals surface area (Å²) in [6, 6.07) is 21.8. The fraction of sp³-hybridized carbons (Fsp3) is 0.379. The van der Waals surface area contributed by atoms with Crippen LogP contribution in [0.25, 0.3) is 0 Å². The van der Waals surface area contributed by atoms with Gasteiger partial charge in [-0.25, -0.2) is 0 Å². The largest absolute Gasteiger partial charge is 0.407 e. The molecule has 0 aliphatic heterocycles. The SMILES string of the molecule is CCCN(S)c1cc(CNC(c2ccccc2)C(F)(F)F)cc(COCC(C)(N)Cc2ccccc2)c1. The maximum atomic E-state index is 13.8. The molecule has 0 bridgehead atoms. The van der Waals surface area contributed by atoms with Crippen molar-refractivity contribution in [1.82, 2.24) is 5.32 Å². The third-order valence-electron chi connectivity index (χ3n) is 5.89. The van der Waals surface area contributed by atoms with Gasteiger partial charge in [0.25, 0.3) is 0 Å². The Morgan fingerprint density at radius 2 is 1.57 bits per heavy atom. The zero-order valence-corrected chi connectivity index (χ0v) is 22.2. The van der Waals surface area contributed by atoms with Gasteiger partial charge in [0.15, 0.2) is 0 Å². The molecule has 37 heavy (non-hydrogen) atoms. The minimum atomic E-state index is -4.42. The Morgan fingerprint density at radius 1 is 0.946 bits per heavy atom. The van der Waals surface area contributed by atoms with E-state index in [0.29, 0.717) is 19.6 Å². The van der Waals surface area contributed by atoms with E-state index in [1.807, 2.05) is 62.4 Å². The normalized spacial score (nSPS) is 14.2. The molecule has 0 heterocycles. The van der Waals surface area contributed by atoms with Crippen LogP contribution < -0.4 is 15.4 Å². The summed E-state index contributed by atoms with van der Waals surface area (Å²) in [7, 11) is 0. The monoisotopic (exact) mass is 531 g/mol. The van der Waals surface area contributed by atoms with Crippen LogP contribution in [-0.2, 0) is 24.3 Å². The highest BCUT2D eigenvalue weighted by atomic mass is 32.1. The van der Waals surface area contributed by atoms with E-state index in [0.717, 1.165) is 28.8 Å². The average Bonchev–Trinajstić information content (AvgIpc) is 2.84. The Morgan fingerprint density at radius 3 is 2.19 bits per heavy atom. The first-order valence-electron chi connectivity index (χ1n) is 12.4. The van der Waals surface area contributed by atoms with E-state index in [4.69, 9.17) is 10.5 Å². The highest BCUT2D eigenvalue weighted by Gasteiger charge is 2.40. The predicted molar refractivity (Wildman–Crippen MR) is 148 cm³/mol. The minimum absolute atomic E-state index is 0.0380. The number of benzene rings is 3. The molecule has 200 valence electrons. The molecule has 0 aliphatic rings. The number of hydrogen-bond acceptors (Lipinski definition) is 5. The molecule has 2 atom stereocenters. The molecule has 0 spiro atoms. The second kappa shape index (κ2) is 13.3. The molecule has 2 unspecified atom stereocenters. The molecule has 0 radical (unpaired) electrons. The Kier molecular flexibility index (Phi) is 10.5. The first kappa shape index (κ1) is 29.0. The molecule has 3 rings (SSSR count). The third kappa shape index (κ3) is 9.38. The second-order valence-electron chi connectivity index (χ2n) is 9.71. The molecule has 4 nitrogen and oxygen atoms in total. The number of alkyl halides is 3. The Bertz CT molecular complexity index is 1090. The number of rotatable bonds is 13. The summed E-state index contributed by atoms with van der Waals surface area (Å²) in [6.45, 7) is 5.36. The first-order valence-corrected chi connectivity index (χ1v) is 12.8. The maximum Gasteiger partial charge on any atom is 0.407 e. The molecule has 0 saturated heterocycles. The molecule has 3 N–H and O–H groups in total. The van der Waals surface area contributed by atoms with Crippen molar-refractivity contribution in [2.45, 2.75) is 57.6 Å². The fourth-order valence-corrected chi connectivity index (χ4v) is 4.54. The number of anilines is 1. The van der Waals surface area contributed by atoms with Crippen molar-refractivity contribution in [1.29, 1.82) is 0 Å². The number of thiol groups is 1. The van der Waals surface area contributed by atoms with Crippen LogP contribution >= 0.6 is 12.8 Å². The molecule has 0 saturated carbocycles. The van der Waals surface area contributed by atoms with Crippen LogP contribution in [-0.4, -0.2) is 24.9 Å². The van der Waals surface area contributed by atoms with Crippen LogP contribution in [0, 0.1) is 0 Å². The Balaban J connectivity index is 1.72. The molecule has 8 heteroatoms. The van der Waals surface area contributed by atoms with Crippen molar-refractivity contribution < 1.29 is 17.9 Å². The molecule has 3 aromatic carbocycles. The fourth-order valence-electron chi connectivity index (χ4n) is 4.22. The zero-order valence-electron chi connectivity index (χ0n) is 21.3. The summed E-state index contributed by atoms with van der Waals surface area (Å²) in [5.41, 5.74) is 9.61. The van der Waals surface area contributed by atoms with Gasteiger partial charge < -0.3 is 14.8 Å². The molecular formula is C29H36F3N3OS.